The molecule has 0 bridgehead atoms. The smallest absolute Gasteiger partial charge is 0.329 e. The van der Waals surface area contributed by atoms with Crippen molar-refractivity contribution in [3.8, 4) is 0 Å². The number of aryl methyl sites for hydroxylation is 1. The van der Waals surface area contributed by atoms with Crippen molar-refractivity contribution in [1.29, 1.82) is 0 Å². The van der Waals surface area contributed by atoms with E-state index in [0.717, 1.165) is 5.56 Å². The summed E-state index contributed by atoms with van der Waals surface area (Å²) in [4.78, 5) is 15.2. The molecule has 82 valence electrons. The van der Waals surface area contributed by atoms with Crippen LogP contribution in [0.2, 0.25) is 0 Å². The summed E-state index contributed by atoms with van der Waals surface area (Å²) in [6, 6.07) is 3.68. The highest BCUT2D eigenvalue weighted by molar-refractivity contribution is 5.81. The van der Waals surface area contributed by atoms with Crippen molar-refractivity contribution in [2.45, 2.75) is 32.7 Å². The monoisotopic (exact) mass is 208 g/mol. The molecule has 0 fully saturated rings. The third kappa shape index (κ3) is 2.68. The van der Waals surface area contributed by atoms with Crippen LogP contribution >= 0.6 is 0 Å². The van der Waals surface area contributed by atoms with Crippen molar-refractivity contribution in [2.24, 2.45) is 0 Å². The Bertz CT molecular complexity index is 348. The van der Waals surface area contributed by atoms with Gasteiger partial charge in [-0.15, -0.1) is 0 Å². The van der Waals surface area contributed by atoms with E-state index in [1.54, 1.807) is 19.2 Å². The van der Waals surface area contributed by atoms with Gasteiger partial charge < -0.3 is 10.4 Å². The molecule has 1 atom stereocenters. The van der Waals surface area contributed by atoms with Crippen molar-refractivity contribution in [3.63, 3.8) is 0 Å². The number of hydrogen-bond acceptors (Lipinski definition) is 3. The predicted molar refractivity (Wildman–Crippen MR) is 58.9 cm³/mol. The number of carboxylic acids is 1. The summed E-state index contributed by atoms with van der Waals surface area (Å²) in [7, 11) is 0. The maximum absolute atomic E-state index is 11.0. The molecule has 1 aromatic heterocycles. The summed E-state index contributed by atoms with van der Waals surface area (Å²) in [6.07, 6.45) is 2.21. The number of anilines is 1. The van der Waals surface area contributed by atoms with Gasteiger partial charge in [0.05, 0.1) is 0 Å². The highest BCUT2D eigenvalue weighted by atomic mass is 16.4. The second-order valence-electron chi connectivity index (χ2n) is 3.84. The minimum absolute atomic E-state index is 0.498. The van der Waals surface area contributed by atoms with E-state index in [1.165, 1.54) is 0 Å². The first kappa shape index (κ1) is 11.5. The Morgan fingerprint density at radius 2 is 2.27 bits per heavy atom. The van der Waals surface area contributed by atoms with Gasteiger partial charge in [-0.25, -0.2) is 9.78 Å². The standard InChI is InChI=1S/C11H16N2O2/c1-4-11(3,10(14)15)13-9-6-5-8(2)7-12-9/h5-7H,4H2,1-3H3,(H,12,13)(H,14,15). The van der Waals surface area contributed by atoms with E-state index in [9.17, 15) is 4.79 Å². The number of aliphatic carboxylic acids is 1. The maximum Gasteiger partial charge on any atom is 0.329 e. The zero-order chi connectivity index (χ0) is 11.5. The fourth-order valence-corrected chi connectivity index (χ4v) is 1.12. The van der Waals surface area contributed by atoms with E-state index < -0.39 is 11.5 Å². The average Bonchev–Trinajstić information content (AvgIpc) is 2.21. The molecule has 1 unspecified atom stereocenters. The molecule has 2 N–H and O–H groups in total. The predicted octanol–water partition coefficient (Wildman–Crippen LogP) is 2.06. The Labute approximate surface area is 89.3 Å². The normalized spacial score (nSPS) is 14.3. The minimum atomic E-state index is -0.956. The molecule has 1 aromatic rings. The highest BCUT2D eigenvalue weighted by Gasteiger charge is 2.30. The SMILES string of the molecule is CCC(C)(Nc1ccc(C)cn1)C(=O)O. The van der Waals surface area contributed by atoms with Gasteiger partial charge in [0.1, 0.15) is 11.4 Å². The number of carbonyl (C=O) groups is 1. The first-order valence-corrected chi connectivity index (χ1v) is 4.92. The van der Waals surface area contributed by atoms with Crippen LogP contribution in [-0.2, 0) is 4.79 Å². The molecule has 0 aliphatic carbocycles. The molecule has 0 aliphatic rings. The molecule has 0 saturated heterocycles. The fourth-order valence-electron chi connectivity index (χ4n) is 1.12. The molecule has 0 saturated carbocycles. The number of nitrogens with zero attached hydrogens (tertiary/aromatic N) is 1. The van der Waals surface area contributed by atoms with E-state index in [-0.39, 0.29) is 0 Å². The van der Waals surface area contributed by atoms with Crippen molar-refractivity contribution in [2.75, 3.05) is 5.32 Å². The molecular formula is C11H16N2O2. The van der Waals surface area contributed by atoms with Crippen molar-refractivity contribution in [1.82, 2.24) is 4.98 Å². The van der Waals surface area contributed by atoms with Crippen LogP contribution in [0.4, 0.5) is 5.82 Å². The van der Waals surface area contributed by atoms with Crippen molar-refractivity contribution in [3.05, 3.63) is 23.9 Å². The first-order chi connectivity index (χ1) is 6.98. The largest absolute Gasteiger partial charge is 0.480 e. The summed E-state index contributed by atoms with van der Waals surface area (Å²) in [6.45, 7) is 5.42. The Hall–Kier alpha value is -1.58. The molecule has 1 heterocycles. The van der Waals surface area contributed by atoms with Gasteiger partial charge in [-0.2, -0.15) is 0 Å². The number of hydrogen-bond donors (Lipinski definition) is 2. The van der Waals surface area contributed by atoms with E-state index >= 15 is 0 Å². The van der Waals surface area contributed by atoms with Crippen LogP contribution in [0.3, 0.4) is 0 Å². The van der Waals surface area contributed by atoms with Gasteiger partial charge in [-0.1, -0.05) is 13.0 Å². The van der Waals surface area contributed by atoms with E-state index in [2.05, 4.69) is 10.3 Å². The lowest BCUT2D eigenvalue weighted by molar-refractivity contribution is -0.141. The van der Waals surface area contributed by atoms with Gasteiger partial charge in [-0.3, -0.25) is 0 Å². The lowest BCUT2D eigenvalue weighted by atomic mass is 9.99. The fraction of sp³-hybridized carbons (Fsp3) is 0.455. The van der Waals surface area contributed by atoms with Gasteiger partial charge >= 0.3 is 5.97 Å². The summed E-state index contributed by atoms with van der Waals surface area (Å²) in [5, 5.41) is 12.0. The van der Waals surface area contributed by atoms with Crippen LogP contribution in [0.15, 0.2) is 18.3 Å². The topological polar surface area (TPSA) is 62.2 Å². The quantitative estimate of drug-likeness (QED) is 0.795. The summed E-state index contributed by atoms with van der Waals surface area (Å²) < 4.78 is 0. The molecule has 15 heavy (non-hydrogen) atoms. The number of nitrogens with one attached hydrogen (secondary N) is 1. The summed E-state index contributed by atoms with van der Waals surface area (Å²) in [5.74, 6) is -0.278. The molecular weight excluding hydrogens is 192 g/mol. The van der Waals surface area contributed by atoms with Gasteiger partial charge in [0.25, 0.3) is 0 Å². The van der Waals surface area contributed by atoms with Crippen LogP contribution < -0.4 is 5.32 Å². The molecule has 4 nitrogen and oxygen atoms in total. The summed E-state index contributed by atoms with van der Waals surface area (Å²) in [5.41, 5.74) is 0.0940. The molecule has 4 heteroatoms. The minimum Gasteiger partial charge on any atom is -0.480 e. The van der Waals surface area contributed by atoms with Crippen LogP contribution in [0, 0.1) is 6.92 Å². The average molecular weight is 208 g/mol. The van der Waals surface area contributed by atoms with Crippen LogP contribution in [0.5, 0.6) is 0 Å². The number of rotatable bonds is 4. The molecule has 0 aromatic carbocycles. The van der Waals surface area contributed by atoms with E-state index in [4.69, 9.17) is 5.11 Å². The Morgan fingerprint density at radius 3 is 2.67 bits per heavy atom. The van der Waals surface area contributed by atoms with E-state index in [0.29, 0.717) is 12.2 Å². The summed E-state index contributed by atoms with van der Waals surface area (Å²) >= 11 is 0. The Balaban J connectivity index is 2.84. The van der Waals surface area contributed by atoms with Crippen molar-refractivity contribution >= 4 is 11.8 Å². The third-order valence-electron chi connectivity index (χ3n) is 2.49. The molecule has 0 aliphatic heterocycles. The Morgan fingerprint density at radius 1 is 1.60 bits per heavy atom. The number of pyridine rings is 1. The Kier molecular flexibility index (Phi) is 3.29. The number of carboxylic acid groups (broad SMARTS) is 1. The van der Waals surface area contributed by atoms with Gasteiger partial charge in [0, 0.05) is 6.20 Å². The molecule has 1 rings (SSSR count). The van der Waals surface area contributed by atoms with Crippen molar-refractivity contribution < 1.29 is 9.90 Å². The van der Waals surface area contributed by atoms with Gasteiger partial charge in [0.15, 0.2) is 0 Å². The third-order valence-corrected chi connectivity index (χ3v) is 2.49. The van der Waals surface area contributed by atoms with Crippen LogP contribution in [0.1, 0.15) is 25.8 Å². The zero-order valence-corrected chi connectivity index (χ0v) is 9.24. The van der Waals surface area contributed by atoms with Gasteiger partial charge in [0.2, 0.25) is 0 Å². The van der Waals surface area contributed by atoms with Gasteiger partial charge in [-0.05, 0) is 31.9 Å². The van der Waals surface area contributed by atoms with Crippen LogP contribution in [0.25, 0.3) is 0 Å². The maximum atomic E-state index is 11.0. The second-order valence-corrected chi connectivity index (χ2v) is 3.84. The lowest BCUT2D eigenvalue weighted by Gasteiger charge is -2.25. The van der Waals surface area contributed by atoms with E-state index in [1.807, 2.05) is 19.9 Å². The molecule has 0 radical (unpaired) electrons. The second kappa shape index (κ2) is 4.29. The first-order valence-electron chi connectivity index (χ1n) is 4.92. The van der Waals surface area contributed by atoms with Crippen LogP contribution in [-0.4, -0.2) is 21.6 Å². The molecule has 0 amide bonds. The molecule has 0 spiro atoms. The number of aromatic nitrogens is 1. The zero-order valence-electron chi connectivity index (χ0n) is 9.24. The lowest BCUT2D eigenvalue weighted by Crippen LogP contribution is -2.42. The highest BCUT2D eigenvalue weighted by Crippen LogP contribution is 2.17.